The van der Waals surface area contributed by atoms with Crippen LogP contribution in [0.2, 0.25) is 0 Å². The van der Waals surface area contributed by atoms with Crippen LogP contribution in [0.1, 0.15) is 33.4 Å². The van der Waals surface area contributed by atoms with Crippen LogP contribution in [0.15, 0.2) is 97.1 Å². The Kier molecular flexibility index (Phi) is 5.62. The maximum atomic E-state index is 10.6. The van der Waals surface area contributed by atoms with E-state index in [1.54, 1.807) is 6.07 Å². The highest BCUT2D eigenvalue weighted by molar-refractivity contribution is 5.45. The maximum Gasteiger partial charge on any atom is 0.119 e. The minimum absolute atomic E-state index is 0.266. The Morgan fingerprint density at radius 3 is 1.72 bits per heavy atom. The van der Waals surface area contributed by atoms with E-state index in [0.717, 1.165) is 35.1 Å². The SMILES string of the molecule is Oc1ccc(Cc2ccc(Cc3ccccc3)cc2O)c(Cc2ccccc2)c1. The second kappa shape index (κ2) is 8.66. The van der Waals surface area contributed by atoms with Crippen molar-refractivity contribution in [3.63, 3.8) is 0 Å². The lowest BCUT2D eigenvalue weighted by molar-refractivity contribution is 0.468. The lowest BCUT2D eigenvalue weighted by Crippen LogP contribution is -1.98. The van der Waals surface area contributed by atoms with E-state index >= 15 is 0 Å². The maximum absolute atomic E-state index is 10.6. The van der Waals surface area contributed by atoms with Gasteiger partial charge in [0, 0.05) is 6.42 Å². The lowest BCUT2D eigenvalue weighted by atomic mass is 9.93. The molecule has 144 valence electrons. The predicted molar refractivity (Wildman–Crippen MR) is 118 cm³/mol. The number of phenols is 2. The Morgan fingerprint density at radius 1 is 0.448 bits per heavy atom. The van der Waals surface area contributed by atoms with Crippen molar-refractivity contribution in [1.29, 1.82) is 0 Å². The molecule has 2 heteroatoms. The van der Waals surface area contributed by atoms with Crippen LogP contribution in [0.4, 0.5) is 0 Å². The molecule has 0 aliphatic heterocycles. The number of phenolic OH excluding ortho intramolecular Hbond substituents is 2. The first-order chi connectivity index (χ1) is 14.2. The number of aromatic hydroxyl groups is 2. The molecule has 0 saturated carbocycles. The van der Waals surface area contributed by atoms with E-state index in [4.69, 9.17) is 0 Å². The van der Waals surface area contributed by atoms with Gasteiger partial charge in [0.15, 0.2) is 0 Å². The summed E-state index contributed by atoms with van der Waals surface area (Å²) in [5.74, 6) is 0.583. The molecule has 0 amide bonds. The zero-order valence-corrected chi connectivity index (χ0v) is 16.3. The Labute approximate surface area is 171 Å². The van der Waals surface area contributed by atoms with Gasteiger partial charge in [-0.05, 0) is 64.4 Å². The normalized spacial score (nSPS) is 10.8. The zero-order chi connectivity index (χ0) is 20.1. The summed E-state index contributed by atoms with van der Waals surface area (Å²) in [4.78, 5) is 0. The van der Waals surface area contributed by atoms with Crippen LogP contribution in [0.25, 0.3) is 0 Å². The molecule has 0 aromatic heterocycles. The highest BCUT2D eigenvalue weighted by atomic mass is 16.3. The monoisotopic (exact) mass is 380 g/mol. The van der Waals surface area contributed by atoms with Gasteiger partial charge in [-0.1, -0.05) is 78.9 Å². The molecular weight excluding hydrogens is 356 g/mol. The van der Waals surface area contributed by atoms with Crippen LogP contribution in [0.3, 0.4) is 0 Å². The molecule has 4 rings (SSSR count). The number of hydrogen-bond donors (Lipinski definition) is 2. The van der Waals surface area contributed by atoms with E-state index in [0.29, 0.717) is 12.2 Å². The standard InChI is InChI=1S/C27H24O2/c28-26-14-13-23(25(19-26)16-21-9-5-2-6-10-21)18-24-12-11-22(17-27(24)29)15-20-7-3-1-4-8-20/h1-14,17,19,28-29H,15-16,18H2. The van der Waals surface area contributed by atoms with Crippen molar-refractivity contribution in [2.75, 3.05) is 0 Å². The molecule has 0 aliphatic carbocycles. The van der Waals surface area contributed by atoms with Gasteiger partial charge in [0.05, 0.1) is 0 Å². The van der Waals surface area contributed by atoms with Gasteiger partial charge in [0.2, 0.25) is 0 Å². The molecule has 2 nitrogen and oxygen atoms in total. The second-order valence-electron chi connectivity index (χ2n) is 7.42. The van der Waals surface area contributed by atoms with Crippen molar-refractivity contribution in [3.05, 3.63) is 130 Å². The van der Waals surface area contributed by atoms with Crippen LogP contribution >= 0.6 is 0 Å². The van der Waals surface area contributed by atoms with E-state index in [1.807, 2.05) is 60.7 Å². The van der Waals surface area contributed by atoms with Gasteiger partial charge in [-0.3, -0.25) is 0 Å². The minimum atomic E-state index is 0.266. The smallest absolute Gasteiger partial charge is 0.119 e. The van der Waals surface area contributed by atoms with Crippen molar-refractivity contribution in [2.45, 2.75) is 19.3 Å². The van der Waals surface area contributed by atoms with E-state index in [-0.39, 0.29) is 5.75 Å². The summed E-state index contributed by atoms with van der Waals surface area (Å²) < 4.78 is 0. The summed E-state index contributed by atoms with van der Waals surface area (Å²) >= 11 is 0. The molecular formula is C27H24O2. The summed E-state index contributed by atoms with van der Waals surface area (Å²) in [6, 6.07) is 31.9. The average Bonchev–Trinajstić information content (AvgIpc) is 2.73. The molecule has 2 N–H and O–H groups in total. The van der Waals surface area contributed by atoms with Crippen LogP contribution in [-0.4, -0.2) is 10.2 Å². The summed E-state index contributed by atoms with van der Waals surface area (Å²) in [6.45, 7) is 0. The fraction of sp³-hybridized carbons (Fsp3) is 0.111. The summed E-state index contributed by atoms with van der Waals surface area (Å²) in [7, 11) is 0. The molecule has 0 bridgehead atoms. The number of rotatable bonds is 6. The first-order valence-electron chi connectivity index (χ1n) is 9.87. The third-order valence-electron chi connectivity index (χ3n) is 5.21. The van der Waals surface area contributed by atoms with Gasteiger partial charge in [-0.15, -0.1) is 0 Å². The summed E-state index contributed by atoms with van der Waals surface area (Å²) in [5.41, 5.74) is 6.58. The van der Waals surface area contributed by atoms with E-state index in [1.165, 1.54) is 11.1 Å². The molecule has 0 aliphatic rings. The first kappa shape index (κ1) is 18.8. The Balaban J connectivity index is 1.56. The summed E-state index contributed by atoms with van der Waals surface area (Å²) in [6.07, 6.45) is 2.17. The average molecular weight is 380 g/mol. The second-order valence-corrected chi connectivity index (χ2v) is 7.42. The molecule has 0 fully saturated rings. The number of benzene rings is 4. The van der Waals surface area contributed by atoms with Crippen LogP contribution in [0, 0.1) is 0 Å². The summed E-state index contributed by atoms with van der Waals surface area (Å²) in [5, 5.41) is 20.6. The van der Waals surface area contributed by atoms with Gasteiger partial charge >= 0.3 is 0 Å². The molecule has 0 atom stereocenters. The van der Waals surface area contributed by atoms with E-state index in [2.05, 4.69) is 30.3 Å². The highest BCUT2D eigenvalue weighted by Gasteiger charge is 2.10. The Bertz CT molecular complexity index is 1090. The van der Waals surface area contributed by atoms with E-state index < -0.39 is 0 Å². The van der Waals surface area contributed by atoms with Gasteiger partial charge in [0.1, 0.15) is 11.5 Å². The molecule has 4 aromatic carbocycles. The Morgan fingerprint density at radius 2 is 1.07 bits per heavy atom. The fourth-order valence-electron chi connectivity index (χ4n) is 3.67. The topological polar surface area (TPSA) is 40.5 Å². The third kappa shape index (κ3) is 4.85. The number of hydrogen-bond acceptors (Lipinski definition) is 2. The third-order valence-corrected chi connectivity index (χ3v) is 5.21. The molecule has 0 spiro atoms. The van der Waals surface area contributed by atoms with Crippen molar-refractivity contribution in [2.24, 2.45) is 0 Å². The molecule has 0 unspecified atom stereocenters. The molecule has 0 radical (unpaired) electrons. The predicted octanol–water partition coefficient (Wildman–Crippen LogP) is 5.87. The van der Waals surface area contributed by atoms with Crippen LogP contribution in [-0.2, 0) is 19.3 Å². The highest BCUT2D eigenvalue weighted by Crippen LogP contribution is 2.27. The molecule has 0 saturated heterocycles. The molecule has 29 heavy (non-hydrogen) atoms. The molecule has 4 aromatic rings. The van der Waals surface area contributed by atoms with Gasteiger partial charge < -0.3 is 10.2 Å². The van der Waals surface area contributed by atoms with Gasteiger partial charge in [-0.2, -0.15) is 0 Å². The minimum Gasteiger partial charge on any atom is -0.508 e. The van der Waals surface area contributed by atoms with E-state index in [9.17, 15) is 10.2 Å². The Hall–Kier alpha value is -3.52. The fourth-order valence-corrected chi connectivity index (χ4v) is 3.67. The quantitative estimate of drug-likeness (QED) is 0.439. The van der Waals surface area contributed by atoms with Crippen molar-refractivity contribution >= 4 is 0 Å². The zero-order valence-electron chi connectivity index (χ0n) is 16.3. The van der Waals surface area contributed by atoms with Crippen LogP contribution < -0.4 is 0 Å². The molecule has 0 heterocycles. The van der Waals surface area contributed by atoms with Crippen LogP contribution in [0.5, 0.6) is 11.5 Å². The largest absolute Gasteiger partial charge is 0.508 e. The van der Waals surface area contributed by atoms with Gasteiger partial charge in [0.25, 0.3) is 0 Å². The van der Waals surface area contributed by atoms with Crippen molar-refractivity contribution in [3.8, 4) is 11.5 Å². The van der Waals surface area contributed by atoms with Gasteiger partial charge in [-0.25, -0.2) is 0 Å². The van der Waals surface area contributed by atoms with Crippen molar-refractivity contribution < 1.29 is 10.2 Å². The van der Waals surface area contributed by atoms with Crippen molar-refractivity contribution in [1.82, 2.24) is 0 Å². The lowest BCUT2D eigenvalue weighted by Gasteiger charge is -2.13. The first-order valence-corrected chi connectivity index (χ1v) is 9.87.